The van der Waals surface area contributed by atoms with Gasteiger partial charge in [0.15, 0.2) is 0 Å². The molecule has 0 bridgehead atoms. The summed E-state index contributed by atoms with van der Waals surface area (Å²) in [5, 5.41) is 9.25. The third-order valence-electron chi connectivity index (χ3n) is 1.81. The lowest BCUT2D eigenvalue weighted by molar-refractivity contribution is -0.138. The Labute approximate surface area is 81.1 Å². The smallest absolute Gasteiger partial charge is 0.325 e. The molecule has 1 aromatic rings. The average molecular weight is 200 g/mol. The molecule has 0 radical (unpaired) electrons. The Morgan fingerprint density at radius 2 is 2.23 bits per heavy atom. The van der Waals surface area contributed by atoms with E-state index < -0.39 is 12.0 Å². The Kier molecular flexibility index (Phi) is 2.90. The van der Waals surface area contributed by atoms with Gasteiger partial charge in [0, 0.05) is 5.02 Å². The van der Waals surface area contributed by atoms with Crippen LogP contribution in [0.3, 0.4) is 0 Å². The second-order valence-electron chi connectivity index (χ2n) is 2.82. The highest BCUT2D eigenvalue weighted by Crippen LogP contribution is 2.19. The number of nitrogens with two attached hydrogens (primary N) is 1. The summed E-state index contributed by atoms with van der Waals surface area (Å²) < 4.78 is 0. The van der Waals surface area contributed by atoms with Crippen molar-refractivity contribution in [1.82, 2.24) is 0 Å². The lowest BCUT2D eigenvalue weighted by atomic mass is 10.1. The molecule has 0 amide bonds. The first-order chi connectivity index (χ1) is 6.02. The van der Waals surface area contributed by atoms with Crippen LogP contribution in [0.2, 0.25) is 5.02 Å². The van der Waals surface area contributed by atoms with Crippen LogP contribution in [0.4, 0.5) is 0 Å². The van der Waals surface area contributed by atoms with E-state index in [1.165, 1.54) is 0 Å². The minimum atomic E-state index is -1.04. The molecule has 0 saturated heterocycles. The Bertz CT molecular complexity index is 338. The quantitative estimate of drug-likeness (QED) is 0.763. The number of aliphatic carboxylic acids is 1. The molecule has 1 rings (SSSR count). The van der Waals surface area contributed by atoms with Crippen LogP contribution in [-0.2, 0) is 4.79 Å². The van der Waals surface area contributed by atoms with Gasteiger partial charge < -0.3 is 10.8 Å². The monoisotopic (exact) mass is 199 g/mol. The van der Waals surface area contributed by atoms with Crippen LogP contribution in [0, 0.1) is 6.92 Å². The Balaban J connectivity index is 3.03. The van der Waals surface area contributed by atoms with Crippen molar-refractivity contribution in [3.8, 4) is 0 Å². The van der Waals surface area contributed by atoms with E-state index in [1.54, 1.807) is 25.1 Å². The first-order valence-corrected chi connectivity index (χ1v) is 4.14. The summed E-state index contributed by atoms with van der Waals surface area (Å²) in [6.45, 7) is 1.81. The zero-order valence-electron chi connectivity index (χ0n) is 7.12. The predicted octanol–water partition coefficient (Wildman–Crippen LogP) is 1.73. The first-order valence-electron chi connectivity index (χ1n) is 3.77. The molecule has 1 atom stereocenters. The fourth-order valence-corrected chi connectivity index (χ4v) is 1.12. The molecular weight excluding hydrogens is 190 g/mol. The molecule has 0 aromatic heterocycles. The summed E-state index contributed by atoms with van der Waals surface area (Å²) in [5.74, 6) is -1.04. The minimum absolute atomic E-state index is 0.564. The molecule has 13 heavy (non-hydrogen) atoms. The second kappa shape index (κ2) is 3.77. The number of carbonyl (C=O) groups is 1. The molecule has 0 unspecified atom stereocenters. The summed E-state index contributed by atoms with van der Waals surface area (Å²) >= 11 is 5.78. The summed E-state index contributed by atoms with van der Waals surface area (Å²) in [5.41, 5.74) is 6.81. The van der Waals surface area contributed by atoms with Crippen molar-refractivity contribution in [2.45, 2.75) is 13.0 Å². The van der Waals surface area contributed by atoms with E-state index in [4.69, 9.17) is 22.4 Å². The van der Waals surface area contributed by atoms with Crippen LogP contribution >= 0.6 is 11.6 Å². The summed E-state index contributed by atoms with van der Waals surface area (Å²) in [6, 6.07) is 3.97. The number of carboxylic acid groups (broad SMARTS) is 1. The number of benzene rings is 1. The molecule has 0 saturated carbocycles. The predicted molar refractivity (Wildman–Crippen MR) is 50.8 cm³/mol. The molecule has 0 aliphatic carbocycles. The van der Waals surface area contributed by atoms with Gasteiger partial charge in [0.1, 0.15) is 6.04 Å². The summed E-state index contributed by atoms with van der Waals surface area (Å²) in [6.07, 6.45) is 0. The number of carboxylic acids is 1. The van der Waals surface area contributed by atoms with Crippen molar-refractivity contribution in [3.63, 3.8) is 0 Å². The fraction of sp³-hybridized carbons (Fsp3) is 0.222. The summed E-state index contributed by atoms with van der Waals surface area (Å²) in [4.78, 5) is 10.5. The fourth-order valence-electron chi connectivity index (χ4n) is 1.00. The van der Waals surface area contributed by atoms with Crippen LogP contribution in [-0.4, -0.2) is 11.1 Å². The number of rotatable bonds is 2. The van der Waals surface area contributed by atoms with E-state index >= 15 is 0 Å². The lowest BCUT2D eigenvalue weighted by Crippen LogP contribution is -2.20. The SMILES string of the molecule is Cc1cc([C@H](N)C(=O)O)ccc1Cl. The number of hydrogen-bond donors (Lipinski definition) is 2. The standard InChI is InChI=1S/C9H10ClNO2/c1-5-4-6(2-3-7(5)10)8(11)9(12)13/h2-4,8H,11H2,1H3,(H,12,13)/t8-/m0/s1. The number of hydrogen-bond acceptors (Lipinski definition) is 2. The van der Waals surface area contributed by atoms with Crippen molar-refractivity contribution in [2.24, 2.45) is 5.73 Å². The Hall–Kier alpha value is -1.06. The Morgan fingerprint density at radius 3 is 2.69 bits per heavy atom. The van der Waals surface area contributed by atoms with Crippen LogP contribution in [0.1, 0.15) is 17.2 Å². The topological polar surface area (TPSA) is 63.3 Å². The lowest BCUT2D eigenvalue weighted by Gasteiger charge is -2.07. The molecule has 3 nitrogen and oxygen atoms in total. The van der Waals surface area contributed by atoms with Crippen LogP contribution in [0.25, 0.3) is 0 Å². The molecular formula is C9H10ClNO2. The van der Waals surface area contributed by atoms with Crippen molar-refractivity contribution in [3.05, 3.63) is 34.3 Å². The number of halogens is 1. The van der Waals surface area contributed by atoms with Gasteiger partial charge in [-0.2, -0.15) is 0 Å². The zero-order chi connectivity index (χ0) is 10.0. The molecule has 0 aliphatic heterocycles. The molecule has 0 aliphatic rings. The average Bonchev–Trinajstić information content (AvgIpc) is 2.08. The molecule has 0 heterocycles. The van der Waals surface area contributed by atoms with Crippen molar-refractivity contribution in [1.29, 1.82) is 0 Å². The highest BCUT2D eigenvalue weighted by Gasteiger charge is 2.14. The normalized spacial score (nSPS) is 12.5. The van der Waals surface area contributed by atoms with E-state index in [1.807, 2.05) is 0 Å². The van der Waals surface area contributed by atoms with E-state index in [2.05, 4.69) is 0 Å². The molecule has 0 fully saturated rings. The van der Waals surface area contributed by atoms with Gasteiger partial charge in [0.05, 0.1) is 0 Å². The van der Waals surface area contributed by atoms with Gasteiger partial charge in [-0.05, 0) is 24.1 Å². The van der Waals surface area contributed by atoms with Crippen LogP contribution in [0.5, 0.6) is 0 Å². The van der Waals surface area contributed by atoms with Crippen molar-refractivity contribution >= 4 is 17.6 Å². The molecule has 1 aromatic carbocycles. The van der Waals surface area contributed by atoms with Crippen molar-refractivity contribution < 1.29 is 9.90 Å². The first kappa shape index (κ1) is 10.0. The third kappa shape index (κ3) is 2.20. The van der Waals surface area contributed by atoms with Gasteiger partial charge >= 0.3 is 5.97 Å². The van der Waals surface area contributed by atoms with Gasteiger partial charge in [-0.25, -0.2) is 0 Å². The molecule has 3 N–H and O–H groups in total. The summed E-state index contributed by atoms with van der Waals surface area (Å²) in [7, 11) is 0. The zero-order valence-corrected chi connectivity index (χ0v) is 7.88. The Morgan fingerprint density at radius 1 is 1.62 bits per heavy atom. The maximum atomic E-state index is 10.5. The van der Waals surface area contributed by atoms with Crippen LogP contribution < -0.4 is 5.73 Å². The van der Waals surface area contributed by atoms with Gasteiger partial charge in [0.2, 0.25) is 0 Å². The highest BCUT2D eigenvalue weighted by molar-refractivity contribution is 6.31. The van der Waals surface area contributed by atoms with E-state index in [0.717, 1.165) is 5.56 Å². The second-order valence-corrected chi connectivity index (χ2v) is 3.23. The van der Waals surface area contributed by atoms with Gasteiger partial charge in [0.25, 0.3) is 0 Å². The van der Waals surface area contributed by atoms with Crippen molar-refractivity contribution in [2.75, 3.05) is 0 Å². The van der Waals surface area contributed by atoms with Crippen LogP contribution in [0.15, 0.2) is 18.2 Å². The maximum Gasteiger partial charge on any atom is 0.325 e. The molecule has 70 valence electrons. The minimum Gasteiger partial charge on any atom is -0.480 e. The van der Waals surface area contributed by atoms with E-state index in [0.29, 0.717) is 10.6 Å². The van der Waals surface area contributed by atoms with Gasteiger partial charge in [-0.15, -0.1) is 0 Å². The van der Waals surface area contributed by atoms with Gasteiger partial charge in [-0.3, -0.25) is 4.79 Å². The van der Waals surface area contributed by atoms with E-state index in [-0.39, 0.29) is 0 Å². The van der Waals surface area contributed by atoms with Gasteiger partial charge in [-0.1, -0.05) is 23.7 Å². The maximum absolute atomic E-state index is 10.5. The number of aryl methyl sites for hydroxylation is 1. The van der Waals surface area contributed by atoms with E-state index in [9.17, 15) is 4.79 Å². The largest absolute Gasteiger partial charge is 0.480 e. The third-order valence-corrected chi connectivity index (χ3v) is 2.23. The highest BCUT2D eigenvalue weighted by atomic mass is 35.5. The molecule has 0 spiro atoms. The molecule has 4 heteroatoms.